The van der Waals surface area contributed by atoms with E-state index < -0.39 is 31.2 Å². The lowest BCUT2D eigenvalue weighted by atomic mass is 9.65. The van der Waals surface area contributed by atoms with Crippen LogP contribution < -0.4 is 5.32 Å². The van der Waals surface area contributed by atoms with Crippen LogP contribution in [0.25, 0.3) is 0 Å². The number of nitriles is 1. The number of nitrogens with zero attached hydrogens (tertiary/aromatic N) is 1. The van der Waals surface area contributed by atoms with Gasteiger partial charge in [0.25, 0.3) is 0 Å². The zero-order chi connectivity index (χ0) is 22.7. The Bertz CT molecular complexity index is 858. The maximum atomic E-state index is 14.1. The highest BCUT2D eigenvalue weighted by Gasteiger charge is 2.50. The molecule has 6 nitrogen and oxygen atoms in total. The summed E-state index contributed by atoms with van der Waals surface area (Å²) < 4.78 is 20.6. The summed E-state index contributed by atoms with van der Waals surface area (Å²) >= 11 is 3.19. The molecule has 1 unspecified atom stereocenters. The van der Waals surface area contributed by atoms with Crippen LogP contribution in [0, 0.1) is 22.6 Å². The predicted molar refractivity (Wildman–Crippen MR) is 117 cm³/mol. The highest BCUT2D eigenvalue weighted by molar-refractivity contribution is 9.10. The third kappa shape index (κ3) is 5.68. The Kier molecular flexibility index (Phi) is 7.48. The van der Waals surface area contributed by atoms with E-state index in [1.165, 1.54) is 12.1 Å². The summed E-state index contributed by atoms with van der Waals surface area (Å²) in [5.41, 5.74) is -1.63. The fourth-order valence-corrected chi connectivity index (χ4v) is 6.14. The number of hydrogen-bond acceptors (Lipinski definition) is 4. The van der Waals surface area contributed by atoms with Gasteiger partial charge in [-0.2, -0.15) is 5.26 Å². The molecule has 0 radical (unpaired) electrons. The summed E-state index contributed by atoms with van der Waals surface area (Å²) in [4.78, 5) is 24.5. The van der Waals surface area contributed by atoms with Gasteiger partial charge >= 0.3 is 6.09 Å². The van der Waals surface area contributed by atoms with Crippen LogP contribution in [0.1, 0.15) is 49.4 Å². The highest BCUT2D eigenvalue weighted by atomic mass is 79.9. The summed E-state index contributed by atoms with van der Waals surface area (Å²) in [5, 5.41) is 21.2. The number of Topliss-reactive ketones (excluding diaryl/α,β-unsaturated/α-hetero) is 1. The van der Waals surface area contributed by atoms with Crippen LogP contribution in [0.4, 0.5) is 9.18 Å². The maximum Gasteiger partial charge on any atom is 0.404 e. The second-order valence-corrected chi connectivity index (χ2v) is 14.3. The smallest absolute Gasteiger partial charge is 0.404 e. The first-order chi connectivity index (χ1) is 13.8. The quantitative estimate of drug-likeness (QED) is 0.382. The van der Waals surface area contributed by atoms with Crippen LogP contribution >= 0.6 is 15.9 Å². The van der Waals surface area contributed by atoms with Crippen molar-refractivity contribution in [2.75, 3.05) is 0 Å². The first-order valence-corrected chi connectivity index (χ1v) is 14.1. The van der Waals surface area contributed by atoms with E-state index >= 15 is 0 Å². The van der Waals surface area contributed by atoms with Gasteiger partial charge in [0.05, 0.1) is 16.0 Å². The fraction of sp³-hybridized carbons (Fsp3) is 0.571. The normalized spacial score (nSPS) is 25.2. The Labute approximate surface area is 186 Å². The largest absolute Gasteiger partial charge is 0.465 e. The fourth-order valence-electron chi connectivity index (χ4n) is 4.23. The molecule has 1 amide bonds. The van der Waals surface area contributed by atoms with Crippen molar-refractivity contribution in [2.24, 2.45) is 5.41 Å². The lowest BCUT2D eigenvalue weighted by Crippen LogP contribution is -2.53. The molecule has 0 bridgehead atoms. The van der Waals surface area contributed by atoms with Gasteiger partial charge in [-0.05, 0) is 86.7 Å². The molecule has 1 aromatic rings. The molecule has 0 saturated heterocycles. The van der Waals surface area contributed by atoms with E-state index in [-0.39, 0.29) is 21.9 Å². The highest BCUT2D eigenvalue weighted by Crippen LogP contribution is 2.47. The zero-order valence-corrected chi connectivity index (χ0v) is 20.3. The van der Waals surface area contributed by atoms with Gasteiger partial charge in [-0.3, -0.25) is 4.79 Å². The van der Waals surface area contributed by atoms with Gasteiger partial charge in [0, 0.05) is 11.6 Å². The van der Waals surface area contributed by atoms with E-state index in [1.54, 1.807) is 13.0 Å². The minimum absolute atomic E-state index is 0.116. The number of ketones is 1. The molecule has 9 heteroatoms. The minimum atomic E-state index is -2.16. The number of halogens is 2. The summed E-state index contributed by atoms with van der Waals surface area (Å²) in [6.07, 6.45) is 0.681. The molecule has 1 aromatic carbocycles. The second kappa shape index (κ2) is 9.16. The Morgan fingerprint density at radius 1 is 1.33 bits per heavy atom. The Morgan fingerprint density at radius 3 is 2.43 bits per heavy atom. The predicted octanol–water partition coefficient (Wildman–Crippen LogP) is 5.49. The first-order valence-electron chi connectivity index (χ1n) is 9.93. The van der Waals surface area contributed by atoms with E-state index in [2.05, 4.69) is 27.3 Å². The average molecular weight is 499 g/mol. The number of hydrogen-bond donors (Lipinski definition) is 2. The third-order valence-corrected chi connectivity index (χ3v) is 7.24. The van der Waals surface area contributed by atoms with Crippen molar-refractivity contribution in [2.45, 2.75) is 70.3 Å². The van der Waals surface area contributed by atoms with Gasteiger partial charge in [-0.15, -0.1) is 0 Å². The average Bonchev–Trinajstić information content (AvgIpc) is 2.63. The molecule has 0 spiro atoms. The van der Waals surface area contributed by atoms with Crippen LogP contribution in [-0.2, 0) is 4.43 Å². The van der Waals surface area contributed by atoms with Crippen molar-refractivity contribution in [3.63, 3.8) is 0 Å². The van der Waals surface area contributed by atoms with Crippen LogP contribution in [0.15, 0.2) is 22.7 Å². The Morgan fingerprint density at radius 2 is 1.93 bits per heavy atom. The van der Waals surface area contributed by atoms with Crippen molar-refractivity contribution >= 4 is 36.1 Å². The van der Waals surface area contributed by atoms with E-state index in [4.69, 9.17) is 9.53 Å². The number of nitrogens with one attached hydrogen (secondary N) is 1. The molecular weight excluding hydrogens is 471 g/mol. The summed E-state index contributed by atoms with van der Waals surface area (Å²) in [5.74, 6) is -0.792. The molecule has 1 atom stereocenters. The van der Waals surface area contributed by atoms with Gasteiger partial charge < -0.3 is 14.8 Å². The van der Waals surface area contributed by atoms with Gasteiger partial charge in [0.15, 0.2) is 14.1 Å². The van der Waals surface area contributed by atoms with E-state index in [1.807, 2.05) is 19.6 Å². The third-order valence-electron chi connectivity index (χ3n) is 5.43. The van der Waals surface area contributed by atoms with E-state index in [9.17, 15) is 19.2 Å². The van der Waals surface area contributed by atoms with Crippen LogP contribution in [-0.4, -0.2) is 36.9 Å². The van der Waals surface area contributed by atoms with Crippen molar-refractivity contribution in [1.29, 1.82) is 5.26 Å². The number of rotatable bonds is 7. The molecule has 1 aliphatic rings. The minimum Gasteiger partial charge on any atom is -0.465 e. The molecule has 0 heterocycles. The zero-order valence-electron chi connectivity index (χ0n) is 17.7. The molecule has 0 aliphatic heterocycles. The second-order valence-electron chi connectivity index (χ2n) is 9.09. The molecule has 1 aliphatic carbocycles. The van der Waals surface area contributed by atoms with Crippen molar-refractivity contribution in [3.8, 4) is 6.07 Å². The van der Waals surface area contributed by atoms with Crippen molar-refractivity contribution in [1.82, 2.24) is 5.32 Å². The number of carbonyl (C=O) groups is 2. The van der Waals surface area contributed by atoms with Gasteiger partial charge in [0.1, 0.15) is 11.4 Å². The van der Waals surface area contributed by atoms with Gasteiger partial charge in [-0.25, -0.2) is 9.18 Å². The molecule has 0 aromatic heterocycles. The SMILES string of the molecule is CC(CC1(C#N)CCC(O[Si](C)(C)C)(C(=O)c2cccc(F)c2Br)CC1)NC(=O)O. The summed E-state index contributed by atoms with van der Waals surface area (Å²) in [6.45, 7) is 7.71. The molecule has 2 rings (SSSR count). The van der Waals surface area contributed by atoms with Crippen LogP contribution in [0.3, 0.4) is 0 Å². The van der Waals surface area contributed by atoms with Gasteiger partial charge in [0.2, 0.25) is 0 Å². The Hall–Kier alpha value is -1.76. The summed E-state index contributed by atoms with van der Waals surface area (Å²) in [7, 11) is -2.16. The molecular formula is C21H28BrFN2O4Si. The number of carbonyl (C=O) groups excluding carboxylic acids is 1. The van der Waals surface area contributed by atoms with Crippen LogP contribution in [0.2, 0.25) is 19.6 Å². The molecule has 30 heavy (non-hydrogen) atoms. The van der Waals surface area contributed by atoms with Crippen molar-refractivity contribution in [3.05, 3.63) is 34.1 Å². The molecule has 2 N–H and O–H groups in total. The lowest BCUT2D eigenvalue weighted by molar-refractivity contribution is 0.00238. The van der Waals surface area contributed by atoms with E-state index in [0.29, 0.717) is 32.1 Å². The lowest BCUT2D eigenvalue weighted by Gasteiger charge is -2.46. The van der Waals surface area contributed by atoms with E-state index in [0.717, 1.165) is 0 Å². The van der Waals surface area contributed by atoms with Gasteiger partial charge in [-0.1, -0.05) is 6.07 Å². The topological polar surface area (TPSA) is 99.4 Å². The molecule has 1 saturated carbocycles. The molecule has 1 fully saturated rings. The monoisotopic (exact) mass is 498 g/mol. The maximum absolute atomic E-state index is 14.1. The first kappa shape index (κ1) is 24.5. The van der Waals surface area contributed by atoms with Crippen molar-refractivity contribution < 1.29 is 23.5 Å². The number of carboxylic acid groups (broad SMARTS) is 1. The molecule has 164 valence electrons. The standard InChI is InChI=1S/C21H28BrFN2O4Si/c1-14(25-19(27)28)12-20(13-24)8-10-21(11-9-20,29-30(2,3)4)18(26)15-6-5-7-16(23)17(15)22/h5-7,14,25H,8-12H2,1-4H3,(H,27,28). The number of amides is 1. The number of benzene rings is 1. The summed E-state index contributed by atoms with van der Waals surface area (Å²) in [6, 6.07) is 6.33. The van der Waals surface area contributed by atoms with Crippen LogP contribution in [0.5, 0.6) is 0 Å². The Balaban J connectivity index is 2.34.